The van der Waals surface area contributed by atoms with Gasteiger partial charge in [0.1, 0.15) is 0 Å². The minimum atomic E-state index is 0.263. The molecule has 0 aliphatic carbocycles. The third kappa shape index (κ3) is 2.28. The molecule has 1 aliphatic rings. The molecule has 4 heteroatoms. The first kappa shape index (κ1) is 6.95. The van der Waals surface area contributed by atoms with Gasteiger partial charge in [-0.2, -0.15) is 5.53 Å². The van der Waals surface area contributed by atoms with Gasteiger partial charge in [0, 0.05) is 19.2 Å². The Balaban J connectivity index is 2.08. The first-order chi connectivity index (χ1) is 4.43. The van der Waals surface area contributed by atoms with Gasteiger partial charge in [0.15, 0.2) is 0 Å². The van der Waals surface area contributed by atoms with Crippen LogP contribution in [0.25, 0.3) is 0 Å². The Morgan fingerprint density at radius 2 is 2.44 bits per heavy atom. The third-order valence-corrected chi connectivity index (χ3v) is 1.46. The number of hydrazine groups is 2. The summed E-state index contributed by atoms with van der Waals surface area (Å²) >= 11 is 0. The predicted molar refractivity (Wildman–Crippen MR) is 34.4 cm³/mol. The summed E-state index contributed by atoms with van der Waals surface area (Å²) in [6.45, 7) is 1.23. The van der Waals surface area contributed by atoms with Gasteiger partial charge in [-0.05, 0) is 12.8 Å². The second-order valence-corrected chi connectivity index (χ2v) is 2.19. The SMILES string of the molecule is OCCC1CCNNN1. The van der Waals surface area contributed by atoms with E-state index in [1.54, 1.807) is 0 Å². The van der Waals surface area contributed by atoms with E-state index in [0.29, 0.717) is 6.04 Å². The Hall–Kier alpha value is -0.160. The van der Waals surface area contributed by atoms with Crippen LogP contribution in [-0.2, 0) is 0 Å². The number of hydrogen-bond acceptors (Lipinski definition) is 4. The topological polar surface area (TPSA) is 56.3 Å². The summed E-state index contributed by atoms with van der Waals surface area (Å²) in [4.78, 5) is 0. The molecule has 0 radical (unpaired) electrons. The Morgan fingerprint density at radius 1 is 1.56 bits per heavy atom. The fraction of sp³-hybridized carbons (Fsp3) is 1.00. The molecule has 1 unspecified atom stereocenters. The summed E-state index contributed by atoms with van der Waals surface area (Å²) in [7, 11) is 0. The Labute approximate surface area is 54.6 Å². The second kappa shape index (κ2) is 3.79. The summed E-state index contributed by atoms with van der Waals surface area (Å²) in [5.41, 5.74) is 8.74. The van der Waals surface area contributed by atoms with E-state index in [1.807, 2.05) is 0 Å². The molecule has 1 heterocycles. The minimum Gasteiger partial charge on any atom is -0.396 e. The maximum absolute atomic E-state index is 8.53. The maximum atomic E-state index is 8.53. The van der Waals surface area contributed by atoms with Crippen molar-refractivity contribution in [3.63, 3.8) is 0 Å². The molecule has 4 N–H and O–H groups in total. The number of aliphatic hydroxyl groups excluding tert-OH is 1. The van der Waals surface area contributed by atoms with E-state index in [9.17, 15) is 0 Å². The van der Waals surface area contributed by atoms with E-state index in [0.717, 1.165) is 19.4 Å². The zero-order valence-corrected chi connectivity index (χ0v) is 5.35. The normalized spacial score (nSPS) is 28.3. The highest BCUT2D eigenvalue weighted by Gasteiger charge is 2.09. The van der Waals surface area contributed by atoms with Gasteiger partial charge in [-0.3, -0.25) is 0 Å². The summed E-state index contributed by atoms with van der Waals surface area (Å²) in [5.74, 6) is 0. The lowest BCUT2D eigenvalue weighted by molar-refractivity contribution is 0.222. The fourth-order valence-electron chi connectivity index (χ4n) is 0.907. The van der Waals surface area contributed by atoms with Gasteiger partial charge in [0.05, 0.1) is 0 Å². The van der Waals surface area contributed by atoms with Gasteiger partial charge < -0.3 is 5.11 Å². The lowest BCUT2D eigenvalue weighted by Gasteiger charge is -2.23. The van der Waals surface area contributed by atoms with E-state index >= 15 is 0 Å². The molecule has 4 nitrogen and oxygen atoms in total. The minimum absolute atomic E-state index is 0.263. The first-order valence-corrected chi connectivity index (χ1v) is 3.27. The molecule has 1 atom stereocenters. The Bertz CT molecular complexity index is 69.8. The van der Waals surface area contributed by atoms with Crippen LogP contribution in [0.2, 0.25) is 0 Å². The van der Waals surface area contributed by atoms with Crippen molar-refractivity contribution in [1.29, 1.82) is 0 Å². The van der Waals surface area contributed by atoms with Crippen molar-refractivity contribution >= 4 is 0 Å². The fourth-order valence-corrected chi connectivity index (χ4v) is 0.907. The van der Waals surface area contributed by atoms with Crippen molar-refractivity contribution in [3.8, 4) is 0 Å². The second-order valence-electron chi connectivity index (χ2n) is 2.19. The molecule has 1 saturated heterocycles. The van der Waals surface area contributed by atoms with Gasteiger partial charge in [0.2, 0.25) is 0 Å². The highest BCUT2D eigenvalue weighted by Crippen LogP contribution is 1.96. The number of aliphatic hydroxyl groups is 1. The molecule has 1 fully saturated rings. The molecule has 0 amide bonds. The van der Waals surface area contributed by atoms with Crippen molar-refractivity contribution in [1.82, 2.24) is 16.4 Å². The van der Waals surface area contributed by atoms with Crippen LogP contribution in [0, 0.1) is 0 Å². The summed E-state index contributed by atoms with van der Waals surface area (Å²) < 4.78 is 0. The van der Waals surface area contributed by atoms with E-state index < -0.39 is 0 Å². The van der Waals surface area contributed by atoms with Crippen LogP contribution in [0.15, 0.2) is 0 Å². The van der Waals surface area contributed by atoms with E-state index in [4.69, 9.17) is 5.11 Å². The smallest absolute Gasteiger partial charge is 0.0446 e. The van der Waals surface area contributed by atoms with E-state index in [2.05, 4.69) is 16.4 Å². The molecule has 0 aromatic carbocycles. The van der Waals surface area contributed by atoms with Crippen molar-refractivity contribution in [3.05, 3.63) is 0 Å². The monoisotopic (exact) mass is 131 g/mol. The molecular weight excluding hydrogens is 118 g/mol. The first-order valence-electron chi connectivity index (χ1n) is 3.27. The van der Waals surface area contributed by atoms with Crippen LogP contribution in [-0.4, -0.2) is 24.3 Å². The zero-order chi connectivity index (χ0) is 6.53. The average molecular weight is 131 g/mol. The predicted octanol–water partition coefficient (Wildman–Crippen LogP) is -1.26. The van der Waals surface area contributed by atoms with Crippen LogP contribution in [0.5, 0.6) is 0 Å². The Morgan fingerprint density at radius 3 is 3.00 bits per heavy atom. The van der Waals surface area contributed by atoms with Crippen molar-refractivity contribution in [2.24, 2.45) is 0 Å². The average Bonchev–Trinajstić information content (AvgIpc) is 1.91. The highest BCUT2D eigenvalue weighted by molar-refractivity contribution is 4.67. The lowest BCUT2D eigenvalue weighted by atomic mass is 10.1. The lowest BCUT2D eigenvalue weighted by Crippen LogP contribution is -2.55. The summed E-state index contributed by atoms with van der Waals surface area (Å²) in [6.07, 6.45) is 1.90. The zero-order valence-electron chi connectivity index (χ0n) is 5.35. The molecular formula is C5H13N3O. The molecule has 54 valence electrons. The van der Waals surface area contributed by atoms with Gasteiger partial charge in [0.25, 0.3) is 0 Å². The van der Waals surface area contributed by atoms with E-state index in [1.165, 1.54) is 0 Å². The van der Waals surface area contributed by atoms with Gasteiger partial charge >= 0.3 is 0 Å². The highest BCUT2D eigenvalue weighted by atomic mass is 16.3. The van der Waals surface area contributed by atoms with Crippen molar-refractivity contribution in [2.75, 3.05) is 13.2 Å². The van der Waals surface area contributed by atoms with E-state index in [-0.39, 0.29) is 6.61 Å². The molecule has 0 aromatic heterocycles. The number of nitrogens with one attached hydrogen (secondary N) is 3. The number of rotatable bonds is 2. The third-order valence-electron chi connectivity index (χ3n) is 1.46. The molecule has 1 rings (SSSR count). The van der Waals surface area contributed by atoms with Crippen molar-refractivity contribution in [2.45, 2.75) is 18.9 Å². The van der Waals surface area contributed by atoms with Crippen LogP contribution in [0.1, 0.15) is 12.8 Å². The maximum Gasteiger partial charge on any atom is 0.0446 e. The summed E-state index contributed by atoms with van der Waals surface area (Å²) in [6, 6.07) is 0.427. The molecule has 0 saturated carbocycles. The van der Waals surface area contributed by atoms with Crippen LogP contribution >= 0.6 is 0 Å². The summed E-state index contributed by atoms with van der Waals surface area (Å²) in [5, 5.41) is 8.53. The van der Waals surface area contributed by atoms with Crippen LogP contribution in [0.3, 0.4) is 0 Å². The standard InChI is InChI=1S/C5H13N3O/c9-4-2-5-1-3-6-8-7-5/h5-9H,1-4H2. The molecule has 0 bridgehead atoms. The molecule has 0 aromatic rings. The molecule has 1 aliphatic heterocycles. The Kier molecular flexibility index (Phi) is 2.93. The number of hydrogen-bond donors (Lipinski definition) is 4. The quantitative estimate of drug-likeness (QED) is 0.378. The van der Waals surface area contributed by atoms with Gasteiger partial charge in [-0.25, -0.2) is 10.9 Å². The van der Waals surface area contributed by atoms with Crippen LogP contribution < -0.4 is 16.4 Å². The molecule has 9 heavy (non-hydrogen) atoms. The van der Waals surface area contributed by atoms with Gasteiger partial charge in [-0.15, -0.1) is 0 Å². The van der Waals surface area contributed by atoms with Gasteiger partial charge in [-0.1, -0.05) is 0 Å². The van der Waals surface area contributed by atoms with Crippen molar-refractivity contribution < 1.29 is 5.11 Å². The molecule has 0 spiro atoms. The van der Waals surface area contributed by atoms with Crippen LogP contribution in [0.4, 0.5) is 0 Å². The largest absolute Gasteiger partial charge is 0.396 e.